The van der Waals surface area contributed by atoms with Gasteiger partial charge in [0.15, 0.2) is 17.8 Å². The molecular formula is C29H35O16+. The second-order valence-corrected chi connectivity index (χ2v) is 10.7. The minimum absolute atomic E-state index is 0.00636. The molecule has 9 N–H and O–H groups in total. The standard InChI is InChI=1S/C29H34O16/c1-10-20(32)23(35)25(37)28(42-10)41-9-19-22(34)24(36)26(38)29(45-19)44-18-8-13-14(31)6-12(30)7-15(13)43-27(18)11-4-16(39-2)21(33)17(5-11)40-3/h4-8,10,19-20,22-26,28-29,32,34-38H,9H2,1-3H3,(H2-,30,31,33)/p+1/t10-,19+,20-,22+,23-,24-,25+,26+,28+,29+/m0/s1. The number of aliphatic hydroxyl groups is 6. The molecule has 5 rings (SSSR count). The summed E-state index contributed by atoms with van der Waals surface area (Å²) in [4.78, 5) is 0. The fourth-order valence-electron chi connectivity index (χ4n) is 5.11. The highest BCUT2D eigenvalue weighted by Crippen LogP contribution is 2.45. The number of aromatic hydroxyl groups is 3. The Balaban J connectivity index is 1.48. The lowest BCUT2D eigenvalue weighted by Gasteiger charge is -2.42. The largest absolute Gasteiger partial charge is 0.507 e. The molecule has 0 amide bonds. The third-order valence-corrected chi connectivity index (χ3v) is 7.70. The lowest BCUT2D eigenvalue weighted by Crippen LogP contribution is -2.61. The first kappa shape index (κ1) is 32.7. The lowest BCUT2D eigenvalue weighted by atomic mass is 9.98. The molecule has 0 unspecified atom stereocenters. The van der Waals surface area contributed by atoms with Gasteiger partial charge in [0.2, 0.25) is 17.8 Å². The van der Waals surface area contributed by atoms with E-state index in [0.29, 0.717) is 0 Å². The third kappa shape index (κ3) is 6.24. The molecule has 0 radical (unpaired) electrons. The average molecular weight is 640 g/mol. The summed E-state index contributed by atoms with van der Waals surface area (Å²) >= 11 is 0. The number of hydrogen-bond donors (Lipinski definition) is 9. The number of hydrogen-bond acceptors (Lipinski definition) is 15. The van der Waals surface area contributed by atoms with Crippen LogP contribution in [0.1, 0.15) is 6.92 Å². The van der Waals surface area contributed by atoms with Crippen LogP contribution in [-0.4, -0.2) is 128 Å². The van der Waals surface area contributed by atoms with Gasteiger partial charge in [-0.3, -0.25) is 0 Å². The van der Waals surface area contributed by atoms with Gasteiger partial charge in [-0.05, 0) is 6.92 Å². The molecule has 3 aromatic rings. The summed E-state index contributed by atoms with van der Waals surface area (Å²) in [6.45, 7) is 0.931. The van der Waals surface area contributed by atoms with Crippen LogP contribution in [-0.2, 0) is 14.2 Å². The Bertz CT molecular complexity index is 1490. The van der Waals surface area contributed by atoms with Crippen LogP contribution in [0.5, 0.6) is 34.5 Å². The van der Waals surface area contributed by atoms with Gasteiger partial charge >= 0.3 is 11.3 Å². The second kappa shape index (κ2) is 13.0. The van der Waals surface area contributed by atoms with E-state index >= 15 is 0 Å². The highest BCUT2D eigenvalue weighted by atomic mass is 16.7. The molecule has 2 aromatic carbocycles. The highest BCUT2D eigenvalue weighted by molar-refractivity contribution is 5.88. The van der Waals surface area contributed by atoms with E-state index in [-0.39, 0.29) is 56.8 Å². The SMILES string of the molecule is COc1cc(-c2[o+]c3cc(O)cc(O)c3cc2O[C@@H]2O[C@H](CO[C@@H]3O[C@@H](C)[C@H](O)[C@H](O)[C@H]3O)[C@@H](O)[C@H](O)[C@H]2O)cc(OC)c1O. The summed E-state index contributed by atoms with van der Waals surface area (Å²) in [5, 5.41) is 93.3. The molecule has 2 aliphatic heterocycles. The van der Waals surface area contributed by atoms with Crippen molar-refractivity contribution in [2.24, 2.45) is 0 Å². The van der Waals surface area contributed by atoms with Crippen molar-refractivity contribution in [1.82, 2.24) is 0 Å². The topological polar surface area (TPSA) is 249 Å². The van der Waals surface area contributed by atoms with E-state index in [2.05, 4.69) is 0 Å². The Morgan fingerprint density at radius 3 is 1.98 bits per heavy atom. The molecule has 45 heavy (non-hydrogen) atoms. The van der Waals surface area contributed by atoms with Crippen molar-refractivity contribution < 1.29 is 78.8 Å². The maximum Gasteiger partial charge on any atom is 0.402 e. The van der Waals surface area contributed by atoms with E-state index in [1.807, 2.05) is 0 Å². The van der Waals surface area contributed by atoms with Gasteiger partial charge in [-0.25, -0.2) is 4.42 Å². The van der Waals surface area contributed by atoms with Crippen LogP contribution in [0.2, 0.25) is 0 Å². The molecule has 1 aromatic heterocycles. The van der Waals surface area contributed by atoms with Crippen molar-refractivity contribution in [3.8, 4) is 45.8 Å². The third-order valence-electron chi connectivity index (χ3n) is 7.70. The van der Waals surface area contributed by atoms with Crippen LogP contribution in [0, 0.1) is 0 Å². The molecule has 0 saturated carbocycles. The van der Waals surface area contributed by atoms with Crippen molar-refractivity contribution in [3.63, 3.8) is 0 Å². The van der Waals surface area contributed by atoms with Crippen LogP contribution < -0.4 is 14.2 Å². The minimum atomic E-state index is -1.83. The molecule has 2 saturated heterocycles. The molecule has 2 fully saturated rings. The van der Waals surface area contributed by atoms with Crippen LogP contribution in [0.3, 0.4) is 0 Å². The predicted octanol–water partition coefficient (Wildman–Crippen LogP) is -0.455. The van der Waals surface area contributed by atoms with Gasteiger partial charge in [-0.15, -0.1) is 0 Å². The molecular weight excluding hydrogens is 604 g/mol. The summed E-state index contributed by atoms with van der Waals surface area (Å²) in [6, 6.07) is 6.37. The first-order valence-electron chi connectivity index (χ1n) is 13.8. The molecule has 10 atom stereocenters. The number of phenolic OH excluding ortho intramolecular Hbond substituents is 3. The van der Waals surface area contributed by atoms with E-state index in [9.17, 15) is 46.0 Å². The fourth-order valence-corrected chi connectivity index (χ4v) is 5.11. The molecule has 246 valence electrons. The zero-order chi connectivity index (χ0) is 32.7. The normalized spacial score (nSPS) is 31.9. The Morgan fingerprint density at radius 2 is 1.33 bits per heavy atom. The lowest BCUT2D eigenvalue weighted by molar-refractivity contribution is -0.318. The van der Waals surface area contributed by atoms with Crippen LogP contribution in [0.15, 0.2) is 34.7 Å². The monoisotopic (exact) mass is 639 g/mol. The maximum absolute atomic E-state index is 10.8. The zero-order valence-electron chi connectivity index (χ0n) is 24.3. The van der Waals surface area contributed by atoms with Crippen LogP contribution >= 0.6 is 0 Å². The van der Waals surface area contributed by atoms with Gasteiger partial charge in [0.25, 0.3) is 0 Å². The van der Waals surface area contributed by atoms with Gasteiger partial charge in [0.1, 0.15) is 59.6 Å². The highest BCUT2D eigenvalue weighted by Gasteiger charge is 2.48. The molecule has 0 aliphatic carbocycles. The van der Waals surface area contributed by atoms with Crippen molar-refractivity contribution in [2.45, 2.75) is 68.3 Å². The number of rotatable bonds is 8. The van der Waals surface area contributed by atoms with Crippen molar-refractivity contribution in [3.05, 3.63) is 30.3 Å². The number of ether oxygens (including phenoxy) is 6. The molecule has 2 aliphatic rings. The summed E-state index contributed by atoms with van der Waals surface area (Å²) < 4.78 is 39.1. The number of benzene rings is 2. The Kier molecular flexibility index (Phi) is 9.41. The number of fused-ring (bicyclic) bond motifs is 1. The first-order valence-corrected chi connectivity index (χ1v) is 13.8. The zero-order valence-corrected chi connectivity index (χ0v) is 24.3. The summed E-state index contributed by atoms with van der Waals surface area (Å²) in [7, 11) is 2.62. The number of aliphatic hydroxyl groups excluding tert-OH is 6. The van der Waals surface area contributed by atoms with E-state index in [1.54, 1.807) is 0 Å². The van der Waals surface area contributed by atoms with E-state index in [1.165, 1.54) is 45.4 Å². The first-order chi connectivity index (χ1) is 21.3. The van der Waals surface area contributed by atoms with Gasteiger partial charge < -0.3 is 74.4 Å². The average Bonchev–Trinajstić information content (AvgIpc) is 3.01. The van der Waals surface area contributed by atoms with Crippen LogP contribution in [0.25, 0.3) is 22.3 Å². The number of methoxy groups -OCH3 is 2. The second-order valence-electron chi connectivity index (χ2n) is 10.7. The fraction of sp³-hybridized carbons (Fsp3) is 0.483. The smallest absolute Gasteiger partial charge is 0.402 e. The Labute approximate surface area is 255 Å². The van der Waals surface area contributed by atoms with Gasteiger partial charge in [-0.2, -0.15) is 0 Å². The molecule has 0 bridgehead atoms. The molecule has 16 heteroatoms. The Hall–Kier alpha value is -3.71. The molecule has 16 nitrogen and oxygen atoms in total. The maximum atomic E-state index is 10.8. The molecule has 0 spiro atoms. The Morgan fingerprint density at radius 1 is 0.711 bits per heavy atom. The van der Waals surface area contributed by atoms with E-state index in [4.69, 9.17) is 32.8 Å². The van der Waals surface area contributed by atoms with Crippen molar-refractivity contribution >= 4 is 11.0 Å². The summed E-state index contributed by atoms with van der Waals surface area (Å²) in [6.07, 6.45) is -15.3. The quantitative estimate of drug-likeness (QED) is 0.142. The van der Waals surface area contributed by atoms with Gasteiger partial charge in [0.05, 0.1) is 38.6 Å². The van der Waals surface area contributed by atoms with Crippen molar-refractivity contribution in [1.29, 1.82) is 0 Å². The number of phenols is 3. The van der Waals surface area contributed by atoms with Crippen LogP contribution in [0.4, 0.5) is 0 Å². The van der Waals surface area contributed by atoms with Crippen molar-refractivity contribution in [2.75, 3.05) is 20.8 Å². The minimum Gasteiger partial charge on any atom is -0.507 e. The van der Waals surface area contributed by atoms with E-state index in [0.717, 1.165) is 6.07 Å². The van der Waals surface area contributed by atoms with Gasteiger partial charge in [0, 0.05) is 24.3 Å². The summed E-state index contributed by atoms with van der Waals surface area (Å²) in [5.41, 5.74) is 0.227. The van der Waals surface area contributed by atoms with E-state index < -0.39 is 68.0 Å². The molecule has 3 heterocycles. The summed E-state index contributed by atoms with van der Waals surface area (Å²) in [5.74, 6) is -1.25. The van der Waals surface area contributed by atoms with Gasteiger partial charge in [-0.1, -0.05) is 0 Å². The predicted molar refractivity (Wildman–Crippen MR) is 150 cm³/mol.